The van der Waals surface area contributed by atoms with E-state index in [1.807, 2.05) is 0 Å². The largest absolute Gasteiger partial charge is 0.376 e. The summed E-state index contributed by atoms with van der Waals surface area (Å²) in [5.41, 5.74) is 5.17. The van der Waals surface area contributed by atoms with Gasteiger partial charge in [0, 0.05) is 6.61 Å². The van der Waals surface area contributed by atoms with Gasteiger partial charge in [-0.25, -0.2) is 8.78 Å². The minimum Gasteiger partial charge on any atom is -0.376 e. The highest BCUT2D eigenvalue weighted by Gasteiger charge is 1.99. The summed E-state index contributed by atoms with van der Waals surface area (Å²) >= 11 is 0. The molecule has 0 saturated carbocycles. The van der Waals surface area contributed by atoms with Gasteiger partial charge in [-0.2, -0.15) is 0 Å². The third-order valence-electron chi connectivity index (χ3n) is 0.987. The second-order valence-electron chi connectivity index (χ2n) is 1.96. The molecule has 0 unspecified atom stereocenters. The molecule has 0 rings (SSSR count). The van der Waals surface area contributed by atoms with E-state index >= 15 is 0 Å². The summed E-state index contributed by atoms with van der Waals surface area (Å²) in [6.07, 6.45) is -0.746. The van der Waals surface area contributed by atoms with E-state index in [0.29, 0.717) is 13.2 Å². The first-order valence-electron chi connectivity index (χ1n) is 3.33. The molecule has 0 aliphatic carbocycles. The Bertz CT molecular complexity index is 70.8. The molecule has 2 N–H and O–H groups in total. The van der Waals surface area contributed by atoms with E-state index < -0.39 is 13.0 Å². The van der Waals surface area contributed by atoms with Crippen molar-refractivity contribution in [3.05, 3.63) is 0 Å². The molecule has 0 aromatic rings. The zero-order valence-electron chi connectivity index (χ0n) is 5.85. The Morgan fingerprint density at radius 1 is 1.30 bits per heavy atom. The Balaban J connectivity index is 2.77. The van der Waals surface area contributed by atoms with Crippen molar-refractivity contribution in [3.8, 4) is 0 Å². The van der Waals surface area contributed by atoms with Gasteiger partial charge in [-0.3, -0.25) is 0 Å². The van der Waals surface area contributed by atoms with Gasteiger partial charge in [0.15, 0.2) is 0 Å². The molecule has 0 aromatic carbocycles. The fourth-order valence-electron chi connectivity index (χ4n) is 0.521. The molecule has 0 bridgehead atoms. The van der Waals surface area contributed by atoms with Gasteiger partial charge in [0.05, 0.1) is 0 Å². The summed E-state index contributed by atoms with van der Waals surface area (Å²) in [6, 6.07) is 0. The Kier molecular flexibility index (Phi) is 6.74. The van der Waals surface area contributed by atoms with Gasteiger partial charge in [0.1, 0.15) is 6.61 Å². The lowest BCUT2D eigenvalue weighted by molar-refractivity contribution is 0.0164. The van der Waals surface area contributed by atoms with Crippen LogP contribution >= 0.6 is 0 Å². The van der Waals surface area contributed by atoms with Crippen LogP contribution in [0.1, 0.15) is 12.8 Å². The molecule has 0 amide bonds. The standard InChI is InChI=1S/C6H13F2NO/c7-6(8)5-10-4-2-1-3-9/h6H,1-5,9H2. The maximum atomic E-state index is 11.4. The predicted molar refractivity (Wildman–Crippen MR) is 35.1 cm³/mol. The van der Waals surface area contributed by atoms with Crippen molar-refractivity contribution in [2.24, 2.45) is 5.73 Å². The maximum Gasteiger partial charge on any atom is 0.261 e. The first-order chi connectivity index (χ1) is 4.77. The maximum absolute atomic E-state index is 11.4. The minimum absolute atomic E-state index is 0.390. The van der Waals surface area contributed by atoms with Crippen molar-refractivity contribution < 1.29 is 13.5 Å². The van der Waals surface area contributed by atoms with Crippen LogP contribution in [0.15, 0.2) is 0 Å². The first-order valence-corrected chi connectivity index (χ1v) is 3.33. The molecular weight excluding hydrogens is 140 g/mol. The van der Waals surface area contributed by atoms with Gasteiger partial charge < -0.3 is 10.5 Å². The molecule has 0 spiro atoms. The number of unbranched alkanes of at least 4 members (excludes halogenated alkanes) is 1. The molecule has 0 atom stereocenters. The van der Waals surface area contributed by atoms with Gasteiger partial charge in [0.2, 0.25) is 0 Å². The van der Waals surface area contributed by atoms with Crippen LogP contribution in [0.2, 0.25) is 0 Å². The minimum atomic E-state index is -2.35. The van der Waals surface area contributed by atoms with E-state index in [9.17, 15) is 8.78 Å². The van der Waals surface area contributed by atoms with Gasteiger partial charge in [-0.15, -0.1) is 0 Å². The number of halogens is 2. The fraction of sp³-hybridized carbons (Fsp3) is 1.00. The van der Waals surface area contributed by atoms with Gasteiger partial charge in [-0.05, 0) is 19.4 Å². The second kappa shape index (κ2) is 6.89. The van der Waals surface area contributed by atoms with Gasteiger partial charge in [-0.1, -0.05) is 0 Å². The number of hydrogen-bond donors (Lipinski definition) is 1. The predicted octanol–water partition coefficient (Wildman–Crippen LogP) is 1.01. The average Bonchev–Trinajstić information content (AvgIpc) is 1.87. The molecule has 62 valence electrons. The van der Waals surface area contributed by atoms with E-state index in [2.05, 4.69) is 4.74 Å². The van der Waals surface area contributed by atoms with E-state index in [0.717, 1.165) is 12.8 Å². The fourth-order valence-corrected chi connectivity index (χ4v) is 0.521. The van der Waals surface area contributed by atoms with E-state index in [-0.39, 0.29) is 0 Å². The van der Waals surface area contributed by atoms with Crippen molar-refractivity contribution in [2.75, 3.05) is 19.8 Å². The van der Waals surface area contributed by atoms with Crippen molar-refractivity contribution in [1.29, 1.82) is 0 Å². The Morgan fingerprint density at radius 3 is 2.50 bits per heavy atom. The molecule has 0 aliphatic rings. The van der Waals surface area contributed by atoms with Crippen LogP contribution in [-0.2, 0) is 4.74 Å². The van der Waals surface area contributed by atoms with E-state index in [4.69, 9.17) is 5.73 Å². The third kappa shape index (κ3) is 7.78. The monoisotopic (exact) mass is 153 g/mol. The van der Waals surface area contributed by atoms with Crippen LogP contribution in [0, 0.1) is 0 Å². The van der Waals surface area contributed by atoms with Crippen molar-refractivity contribution >= 4 is 0 Å². The number of alkyl halides is 2. The molecule has 0 fully saturated rings. The van der Waals surface area contributed by atoms with Crippen LogP contribution in [0.3, 0.4) is 0 Å². The second-order valence-corrected chi connectivity index (χ2v) is 1.96. The molecule has 0 aliphatic heterocycles. The summed E-state index contributed by atoms with van der Waals surface area (Å²) in [6.45, 7) is 0.532. The molecule has 0 radical (unpaired) electrons. The van der Waals surface area contributed by atoms with Crippen LogP contribution in [0.4, 0.5) is 8.78 Å². The molecule has 4 heteroatoms. The lowest BCUT2D eigenvalue weighted by Gasteiger charge is -2.01. The van der Waals surface area contributed by atoms with Crippen LogP contribution in [-0.4, -0.2) is 26.2 Å². The summed E-state index contributed by atoms with van der Waals surface area (Å²) in [5.74, 6) is 0. The molecular formula is C6H13F2NO. The SMILES string of the molecule is NCCCCOCC(F)F. The number of hydrogen-bond acceptors (Lipinski definition) is 2. The van der Waals surface area contributed by atoms with Crippen LogP contribution in [0.25, 0.3) is 0 Å². The van der Waals surface area contributed by atoms with E-state index in [1.165, 1.54) is 0 Å². The number of ether oxygens (including phenoxy) is 1. The lowest BCUT2D eigenvalue weighted by atomic mass is 10.3. The molecule has 0 aromatic heterocycles. The molecule has 10 heavy (non-hydrogen) atoms. The third-order valence-corrected chi connectivity index (χ3v) is 0.987. The quantitative estimate of drug-likeness (QED) is 0.578. The summed E-state index contributed by atoms with van der Waals surface area (Å²) < 4.78 is 27.4. The highest BCUT2D eigenvalue weighted by Crippen LogP contribution is 1.94. The van der Waals surface area contributed by atoms with Crippen molar-refractivity contribution in [3.63, 3.8) is 0 Å². The summed E-state index contributed by atoms with van der Waals surface area (Å²) in [4.78, 5) is 0. The Labute approximate surface area is 59.3 Å². The molecule has 0 saturated heterocycles. The Hall–Kier alpha value is -0.220. The number of nitrogens with two attached hydrogens (primary N) is 1. The van der Waals surface area contributed by atoms with Gasteiger partial charge >= 0.3 is 0 Å². The highest BCUT2D eigenvalue weighted by molar-refractivity contribution is 4.39. The zero-order chi connectivity index (χ0) is 7.82. The summed E-state index contributed by atoms with van der Waals surface area (Å²) in [7, 11) is 0. The molecule has 2 nitrogen and oxygen atoms in total. The lowest BCUT2D eigenvalue weighted by Crippen LogP contribution is -2.07. The first kappa shape index (κ1) is 9.78. The van der Waals surface area contributed by atoms with E-state index in [1.54, 1.807) is 0 Å². The zero-order valence-corrected chi connectivity index (χ0v) is 5.85. The van der Waals surface area contributed by atoms with Crippen LogP contribution < -0.4 is 5.73 Å². The Morgan fingerprint density at radius 2 is 2.00 bits per heavy atom. The topological polar surface area (TPSA) is 35.2 Å². The van der Waals surface area contributed by atoms with Gasteiger partial charge in [0.25, 0.3) is 6.43 Å². The molecule has 0 heterocycles. The average molecular weight is 153 g/mol. The smallest absolute Gasteiger partial charge is 0.261 e. The highest BCUT2D eigenvalue weighted by atomic mass is 19.3. The van der Waals surface area contributed by atoms with Crippen molar-refractivity contribution in [1.82, 2.24) is 0 Å². The normalized spacial score (nSPS) is 10.8. The number of rotatable bonds is 6. The van der Waals surface area contributed by atoms with Crippen molar-refractivity contribution in [2.45, 2.75) is 19.3 Å². The summed E-state index contributed by atoms with van der Waals surface area (Å²) in [5, 5.41) is 0. The van der Waals surface area contributed by atoms with Crippen LogP contribution in [0.5, 0.6) is 0 Å².